The molecule has 0 aliphatic heterocycles. The van der Waals surface area contributed by atoms with Gasteiger partial charge in [-0.3, -0.25) is 9.88 Å². The molecule has 0 saturated carbocycles. The van der Waals surface area contributed by atoms with Crippen molar-refractivity contribution in [2.75, 3.05) is 13.1 Å². The monoisotopic (exact) mass is 203 g/mol. The molecule has 0 saturated heterocycles. The van der Waals surface area contributed by atoms with Crippen LogP contribution in [0.4, 0.5) is 0 Å². The summed E-state index contributed by atoms with van der Waals surface area (Å²) < 4.78 is 0. The Balaban J connectivity index is 2.55. The summed E-state index contributed by atoms with van der Waals surface area (Å²) in [6.07, 6.45) is 4.34. The largest absolute Gasteiger partial charge is 0.298 e. The molecule has 3 nitrogen and oxygen atoms in total. The number of rotatable bonds is 5. The van der Waals surface area contributed by atoms with Gasteiger partial charge in [0.1, 0.15) is 0 Å². The van der Waals surface area contributed by atoms with E-state index in [2.05, 4.69) is 28.9 Å². The molecular weight excluding hydrogens is 186 g/mol. The lowest BCUT2D eigenvalue weighted by Crippen LogP contribution is -2.23. The highest BCUT2D eigenvalue weighted by Crippen LogP contribution is 2.05. The maximum atomic E-state index is 8.53. The quantitative estimate of drug-likeness (QED) is 0.736. The molecule has 1 aromatic heterocycles. The van der Waals surface area contributed by atoms with E-state index in [0.717, 1.165) is 19.6 Å². The molecule has 0 spiro atoms. The number of hydrogen-bond acceptors (Lipinski definition) is 3. The van der Waals surface area contributed by atoms with Gasteiger partial charge in [0.05, 0.1) is 6.07 Å². The average molecular weight is 203 g/mol. The molecule has 0 aliphatic carbocycles. The molecule has 1 aromatic rings. The molecule has 0 aromatic carbocycles. The lowest BCUT2D eigenvalue weighted by molar-refractivity contribution is 0.286. The minimum atomic E-state index is 0.590. The predicted octanol–water partition coefficient (Wildman–Crippen LogP) is 2.13. The van der Waals surface area contributed by atoms with E-state index in [9.17, 15) is 0 Å². The number of nitriles is 1. The van der Waals surface area contributed by atoms with E-state index in [1.54, 1.807) is 0 Å². The standard InChI is InChI=1S/C12H17N3/c1-3-15(6-4-5-13)10-12-7-11(2)8-14-9-12/h7-9H,3-4,6,10H2,1-2H3. The van der Waals surface area contributed by atoms with Crippen LogP contribution < -0.4 is 0 Å². The summed E-state index contributed by atoms with van der Waals surface area (Å²) in [7, 11) is 0. The van der Waals surface area contributed by atoms with Crippen molar-refractivity contribution in [1.29, 1.82) is 5.26 Å². The lowest BCUT2D eigenvalue weighted by Gasteiger charge is -2.18. The third-order valence-electron chi connectivity index (χ3n) is 2.32. The first-order valence-corrected chi connectivity index (χ1v) is 5.26. The zero-order valence-electron chi connectivity index (χ0n) is 9.40. The Kier molecular flexibility index (Phi) is 4.79. The highest BCUT2D eigenvalue weighted by atomic mass is 15.1. The second kappa shape index (κ2) is 6.15. The van der Waals surface area contributed by atoms with Crippen LogP contribution in [0.1, 0.15) is 24.5 Å². The van der Waals surface area contributed by atoms with E-state index in [-0.39, 0.29) is 0 Å². The smallest absolute Gasteiger partial charge is 0.0635 e. The fourth-order valence-corrected chi connectivity index (χ4v) is 1.52. The molecule has 0 bridgehead atoms. The van der Waals surface area contributed by atoms with Crippen LogP contribution in [-0.2, 0) is 6.54 Å². The van der Waals surface area contributed by atoms with Crippen LogP contribution in [0.5, 0.6) is 0 Å². The summed E-state index contributed by atoms with van der Waals surface area (Å²) in [5.74, 6) is 0. The van der Waals surface area contributed by atoms with Crippen molar-refractivity contribution in [2.45, 2.75) is 26.8 Å². The molecule has 15 heavy (non-hydrogen) atoms. The summed E-state index contributed by atoms with van der Waals surface area (Å²) in [5.41, 5.74) is 2.40. The van der Waals surface area contributed by atoms with Gasteiger partial charge in [0.25, 0.3) is 0 Å². The maximum Gasteiger partial charge on any atom is 0.0635 e. The summed E-state index contributed by atoms with van der Waals surface area (Å²) in [5, 5.41) is 8.53. The molecule has 0 N–H and O–H groups in total. The molecule has 0 unspecified atom stereocenters. The summed E-state index contributed by atoms with van der Waals surface area (Å²) in [4.78, 5) is 6.41. The molecule has 0 atom stereocenters. The Morgan fingerprint density at radius 3 is 2.87 bits per heavy atom. The normalized spacial score (nSPS) is 10.3. The van der Waals surface area contributed by atoms with E-state index >= 15 is 0 Å². The number of aryl methyl sites for hydroxylation is 1. The van der Waals surface area contributed by atoms with Gasteiger partial charge in [-0.2, -0.15) is 5.26 Å². The van der Waals surface area contributed by atoms with E-state index in [1.165, 1.54) is 11.1 Å². The number of aromatic nitrogens is 1. The Morgan fingerprint density at radius 1 is 1.47 bits per heavy atom. The molecule has 3 heteroatoms. The predicted molar refractivity (Wildman–Crippen MR) is 60.2 cm³/mol. The number of pyridine rings is 1. The van der Waals surface area contributed by atoms with Gasteiger partial charge in [0.15, 0.2) is 0 Å². The third-order valence-corrected chi connectivity index (χ3v) is 2.32. The molecule has 80 valence electrons. The van der Waals surface area contributed by atoms with Crippen LogP contribution in [0.2, 0.25) is 0 Å². The Labute approximate surface area is 91.4 Å². The lowest BCUT2D eigenvalue weighted by atomic mass is 10.2. The molecule has 0 radical (unpaired) electrons. The Morgan fingerprint density at radius 2 is 2.27 bits per heavy atom. The molecule has 1 rings (SSSR count). The van der Waals surface area contributed by atoms with Crippen molar-refractivity contribution >= 4 is 0 Å². The first kappa shape index (κ1) is 11.7. The minimum Gasteiger partial charge on any atom is -0.298 e. The molecule has 0 amide bonds. The van der Waals surface area contributed by atoms with Gasteiger partial charge < -0.3 is 0 Å². The van der Waals surface area contributed by atoms with Crippen LogP contribution >= 0.6 is 0 Å². The maximum absolute atomic E-state index is 8.53. The van der Waals surface area contributed by atoms with E-state index in [1.807, 2.05) is 19.3 Å². The van der Waals surface area contributed by atoms with Crippen LogP contribution in [0.15, 0.2) is 18.5 Å². The van der Waals surface area contributed by atoms with Gasteiger partial charge in [-0.25, -0.2) is 0 Å². The first-order chi connectivity index (χ1) is 7.26. The van der Waals surface area contributed by atoms with Gasteiger partial charge in [-0.05, 0) is 24.6 Å². The Hall–Kier alpha value is -1.40. The fourth-order valence-electron chi connectivity index (χ4n) is 1.52. The SMILES string of the molecule is CCN(CCC#N)Cc1cncc(C)c1. The molecule has 0 aliphatic rings. The van der Waals surface area contributed by atoms with Gasteiger partial charge in [-0.1, -0.05) is 13.0 Å². The van der Waals surface area contributed by atoms with E-state index in [0.29, 0.717) is 6.42 Å². The summed E-state index contributed by atoms with van der Waals surface area (Å²) in [6, 6.07) is 4.31. The van der Waals surface area contributed by atoms with Crippen LogP contribution in [0, 0.1) is 18.3 Å². The second-order valence-electron chi connectivity index (χ2n) is 3.65. The highest BCUT2D eigenvalue weighted by molar-refractivity contribution is 5.16. The summed E-state index contributed by atoms with van der Waals surface area (Å²) >= 11 is 0. The highest BCUT2D eigenvalue weighted by Gasteiger charge is 2.03. The van der Waals surface area contributed by atoms with Crippen molar-refractivity contribution < 1.29 is 0 Å². The zero-order valence-corrected chi connectivity index (χ0v) is 9.40. The fraction of sp³-hybridized carbons (Fsp3) is 0.500. The van der Waals surface area contributed by atoms with E-state index in [4.69, 9.17) is 5.26 Å². The van der Waals surface area contributed by atoms with Crippen molar-refractivity contribution in [1.82, 2.24) is 9.88 Å². The van der Waals surface area contributed by atoms with Gasteiger partial charge in [0, 0.05) is 31.9 Å². The van der Waals surface area contributed by atoms with Crippen LogP contribution in [-0.4, -0.2) is 23.0 Å². The van der Waals surface area contributed by atoms with Crippen molar-refractivity contribution in [3.05, 3.63) is 29.6 Å². The van der Waals surface area contributed by atoms with Crippen LogP contribution in [0.3, 0.4) is 0 Å². The Bertz CT molecular complexity index is 341. The molecule has 1 heterocycles. The van der Waals surface area contributed by atoms with Crippen molar-refractivity contribution in [3.63, 3.8) is 0 Å². The molecular formula is C12H17N3. The van der Waals surface area contributed by atoms with Gasteiger partial charge in [-0.15, -0.1) is 0 Å². The van der Waals surface area contributed by atoms with E-state index < -0.39 is 0 Å². The number of nitrogens with zero attached hydrogens (tertiary/aromatic N) is 3. The third kappa shape index (κ3) is 4.09. The van der Waals surface area contributed by atoms with Gasteiger partial charge >= 0.3 is 0 Å². The van der Waals surface area contributed by atoms with Crippen molar-refractivity contribution in [2.24, 2.45) is 0 Å². The van der Waals surface area contributed by atoms with Gasteiger partial charge in [0.2, 0.25) is 0 Å². The molecule has 0 fully saturated rings. The average Bonchev–Trinajstić information content (AvgIpc) is 2.24. The summed E-state index contributed by atoms with van der Waals surface area (Å²) in [6.45, 7) is 6.84. The second-order valence-corrected chi connectivity index (χ2v) is 3.65. The number of hydrogen-bond donors (Lipinski definition) is 0. The van der Waals surface area contributed by atoms with Crippen molar-refractivity contribution in [3.8, 4) is 6.07 Å². The first-order valence-electron chi connectivity index (χ1n) is 5.26. The minimum absolute atomic E-state index is 0.590. The zero-order chi connectivity index (χ0) is 11.1. The van der Waals surface area contributed by atoms with Crippen LogP contribution in [0.25, 0.3) is 0 Å². The topological polar surface area (TPSA) is 39.9 Å².